The van der Waals surface area contributed by atoms with E-state index < -0.39 is 7.12 Å². The number of nitrogens with zero attached hydrogens (tertiary/aromatic N) is 23. The van der Waals surface area contributed by atoms with E-state index in [-0.39, 0.29) is 0 Å². The fraction of sp³-hybridized carbons (Fsp3) is 0.134. The van der Waals surface area contributed by atoms with E-state index in [0.717, 1.165) is 70.4 Å². The highest BCUT2D eigenvalue weighted by atomic mass is 127. The molecule has 12 aromatic heterocycles. The van der Waals surface area contributed by atoms with Gasteiger partial charge in [-0.3, -0.25) is 19.9 Å². The Kier molecular flexibility index (Phi) is 30.5. The SMILES string of the molecule is C#Cc1ccnc(Cl)c1.Cc1ccc(-c2c(C#N)nc(C#Cc3ccnc(Cl)c3)n2C)cn1.Cc1ccc(-c2c(C#N)nc(I)n2C)cn1.Cc1ccc(-c2c(C#N)ncn2C)cn1.Cc1ccc(B(O)O)cn1.Cn1cnc(C#N)c1.Cn1cnc(C#N)c1Br.N#Cc1cnc[nH]1. The zero-order chi connectivity index (χ0) is 71.8. The Bertz CT molecular complexity index is 4990. The smallest absolute Gasteiger partial charge is 0.423 e. The van der Waals surface area contributed by atoms with Crippen LogP contribution in [0.3, 0.4) is 0 Å². The first-order chi connectivity index (χ1) is 47.0. The van der Waals surface area contributed by atoms with Crippen molar-refractivity contribution in [1.82, 2.24) is 87.6 Å². The molecule has 0 aliphatic heterocycles. The number of aromatic amines is 1. The van der Waals surface area contributed by atoms with Crippen molar-refractivity contribution < 1.29 is 10.0 Å². The van der Waals surface area contributed by atoms with Crippen molar-refractivity contribution in [2.75, 3.05) is 0 Å². The van der Waals surface area contributed by atoms with Gasteiger partial charge in [0, 0.05) is 135 Å². The number of H-pyrrole nitrogens is 1. The zero-order valence-corrected chi connectivity index (χ0v) is 59.0. The molecule has 12 heterocycles. The lowest BCUT2D eigenvalue weighted by Gasteiger charge is -2.03. The van der Waals surface area contributed by atoms with Crippen LogP contribution in [0.2, 0.25) is 10.3 Å². The van der Waals surface area contributed by atoms with Crippen molar-refractivity contribution in [2.45, 2.75) is 27.7 Å². The van der Waals surface area contributed by atoms with Gasteiger partial charge >= 0.3 is 7.12 Å². The first-order valence-electron chi connectivity index (χ1n) is 28.1. The molecular weight excluding hydrogens is 1460 g/mol. The second-order valence-corrected chi connectivity index (χ2v) is 22.2. The number of terminal acetylenes is 1. The number of imidazole rings is 6. The van der Waals surface area contributed by atoms with Crippen molar-refractivity contribution in [3.05, 3.63) is 240 Å². The molecule has 31 heteroatoms. The Balaban J connectivity index is 0.000000210. The lowest BCUT2D eigenvalue weighted by atomic mass is 9.82. The standard InChI is InChI=1S/C18H12ClN5.C11H9IN4.C11H10N4.C7H4ClN.C6H8BNO2.C5H4BrN3.C5H5N3.C4H3N3/c1-12-3-5-14(11-22-12)18-15(10-20)23-17(24(18)2)6-4-13-7-8-21-16(19)9-13;1-7-3-4-8(6-14-7)10-9(5-13)15-11(12)16(10)2;1-8-3-4-9(6-13-8)11-10(5-12)14-7-15(11)2;1-2-6-3-4-9-7(8)5-6;1-5-2-3-6(4-8-5)7(9)10;1-9-3-8-4(2-7)5(9)6;1-8-3-5(2-6)7-4-8;5-1-4-2-6-3-7-4/h3,5,7-9,11H,1-2H3;3-4,6H,1-2H3;3-4,6-7H,1-2H3;1,3-5H;2-4,9-10H,1H3;3H,1H3;3-4H,1H3;2-3H,(H,6,7). The molecule has 0 amide bonds. The van der Waals surface area contributed by atoms with E-state index in [1.807, 2.05) is 127 Å². The summed E-state index contributed by atoms with van der Waals surface area (Å²) in [5, 5.41) is 70.1. The van der Waals surface area contributed by atoms with Gasteiger partial charge in [0.15, 0.2) is 38.1 Å². The molecule has 12 aromatic rings. The van der Waals surface area contributed by atoms with Crippen LogP contribution in [0.15, 0.2) is 152 Å². The Labute approximate surface area is 597 Å². The molecule has 12 rings (SSSR count). The fourth-order valence-electron chi connectivity index (χ4n) is 7.58. The van der Waals surface area contributed by atoms with E-state index in [1.54, 1.807) is 106 Å². The number of aryl methyl sites for hydroxylation is 7. The number of pyridine rings is 6. The Morgan fingerprint density at radius 2 is 1.03 bits per heavy atom. The van der Waals surface area contributed by atoms with Crippen LogP contribution in [0.4, 0.5) is 0 Å². The van der Waals surface area contributed by atoms with E-state index in [4.69, 9.17) is 66.0 Å². The minimum Gasteiger partial charge on any atom is -0.423 e. The van der Waals surface area contributed by atoms with Gasteiger partial charge in [0.25, 0.3) is 0 Å². The largest absolute Gasteiger partial charge is 0.490 e. The Hall–Kier alpha value is -12.0. The third-order valence-corrected chi connectivity index (χ3v) is 14.8. The number of hydrogen-bond donors (Lipinski definition) is 3. The van der Waals surface area contributed by atoms with Gasteiger partial charge in [-0.25, -0.2) is 39.9 Å². The monoisotopic (exact) mass is 1510 g/mol. The van der Waals surface area contributed by atoms with Gasteiger partial charge in [-0.1, -0.05) is 41.1 Å². The summed E-state index contributed by atoms with van der Waals surface area (Å²) in [6.45, 7) is 7.61. The zero-order valence-electron chi connectivity index (χ0n) is 53.7. The van der Waals surface area contributed by atoms with Crippen LogP contribution in [0, 0.1) is 124 Å². The summed E-state index contributed by atoms with van der Waals surface area (Å²) in [6, 6.07) is 33.8. The Morgan fingerprint density at radius 3 is 1.42 bits per heavy atom. The van der Waals surface area contributed by atoms with E-state index in [0.29, 0.717) is 61.5 Å². The first kappa shape index (κ1) is 76.7. The van der Waals surface area contributed by atoms with Crippen molar-refractivity contribution in [2.24, 2.45) is 35.2 Å². The molecule has 3 N–H and O–H groups in total. The lowest BCUT2D eigenvalue weighted by Crippen LogP contribution is -2.29. The van der Waals surface area contributed by atoms with E-state index in [2.05, 4.69) is 139 Å². The van der Waals surface area contributed by atoms with Crippen molar-refractivity contribution >= 4 is 74.3 Å². The van der Waals surface area contributed by atoms with Crippen LogP contribution in [0.1, 0.15) is 73.9 Å². The number of nitriles is 6. The Morgan fingerprint density at radius 1 is 0.531 bits per heavy atom. The molecular formula is C67H55BBrCl2IN24O2. The molecule has 0 saturated heterocycles. The fourth-order valence-corrected chi connectivity index (χ4v) is 8.70. The van der Waals surface area contributed by atoms with Crippen LogP contribution < -0.4 is 5.46 Å². The highest BCUT2D eigenvalue weighted by molar-refractivity contribution is 14.1. The quantitative estimate of drug-likeness (QED) is 0.0638. The summed E-state index contributed by atoms with van der Waals surface area (Å²) < 4.78 is 10.5. The third-order valence-electron chi connectivity index (χ3n) is 12.5. The minimum atomic E-state index is -1.41. The average Bonchev–Trinajstić information content (AvgIpc) is 1.66. The number of rotatable bonds is 4. The summed E-state index contributed by atoms with van der Waals surface area (Å²) in [6.07, 6.45) is 24.4. The van der Waals surface area contributed by atoms with Gasteiger partial charge in [0.1, 0.15) is 57.0 Å². The molecule has 0 spiro atoms. The minimum absolute atomic E-state index is 0.320. The molecule has 0 unspecified atom stereocenters. The van der Waals surface area contributed by atoms with E-state index in [1.165, 1.54) is 18.7 Å². The van der Waals surface area contributed by atoms with Crippen molar-refractivity contribution in [3.8, 4) is 94.4 Å². The normalized spacial score (nSPS) is 9.43. The third kappa shape index (κ3) is 23.5. The molecule has 0 saturated carbocycles. The summed E-state index contributed by atoms with van der Waals surface area (Å²) in [4.78, 5) is 50.5. The van der Waals surface area contributed by atoms with Gasteiger partial charge in [0.2, 0.25) is 0 Å². The van der Waals surface area contributed by atoms with Gasteiger partial charge in [-0.05, 0) is 139 Å². The van der Waals surface area contributed by atoms with Gasteiger partial charge < -0.3 is 37.9 Å². The number of hydrogen-bond acceptors (Lipinski definition) is 20. The molecule has 486 valence electrons. The van der Waals surface area contributed by atoms with Crippen LogP contribution in [-0.2, 0) is 35.2 Å². The molecule has 0 radical (unpaired) electrons. The van der Waals surface area contributed by atoms with Gasteiger partial charge in [-0.2, -0.15) is 31.6 Å². The maximum Gasteiger partial charge on any atom is 0.490 e. The number of aromatic nitrogens is 18. The second kappa shape index (κ2) is 39.0. The van der Waals surface area contributed by atoms with Crippen LogP contribution in [0.5, 0.6) is 0 Å². The predicted octanol–water partition coefficient (Wildman–Crippen LogP) is 9.45. The average molecular weight is 1520 g/mol. The molecule has 0 aliphatic carbocycles. The summed E-state index contributed by atoms with van der Waals surface area (Å²) in [7, 11) is 7.82. The summed E-state index contributed by atoms with van der Waals surface area (Å²) in [5.74, 6) is 8.90. The van der Waals surface area contributed by atoms with Gasteiger partial charge in [0.05, 0.1) is 48.6 Å². The number of nitrogens with one attached hydrogen (secondary N) is 1. The highest BCUT2D eigenvalue weighted by Crippen LogP contribution is 2.26. The van der Waals surface area contributed by atoms with Crippen LogP contribution >= 0.6 is 61.7 Å². The molecule has 0 bridgehead atoms. The van der Waals surface area contributed by atoms with E-state index in [9.17, 15) is 5.26 Å². The molecule has 0 aromatic carbocycles. The predicted molar refractivity (Wildman–Crippen MR) is 378 cm³/mol. The van der Waals surface area contributed by atoms with Crippen LogP contribution in [-0.4, -0.2) is 105 Å². The highest BCUT2D eigenvalue weighted by Gasteiger charge is 2.17. The summed E-state index contributed by atoms with van der Waals surface area (Å²) >= 11 is 16.7. The molecule has 0 aliphatic rings. The van der Waals surface area contributed by atoms with E-state index >= 15 is 0 Å². The maximum absolute atomic E-state index is 9.37. The molecule has 0 fully saturated rings. The maximum atomic E-state index is 9.37. The van der Waals surface area contributed by atoms with Crippen LogP contribution in [0.25, 0.3) is 33.8 Å². The topological polar surface area (TPSA) is 378 Å². The number of halogens is 4. The van der Waals surface area contributed by atoms with Gasteiger partial charge in [-0.15, -0.1) is 6.42 Å². The summed E-state index contributed by atoms with van der Waals surface area (Å²) in [5.41, 5.74) is 13.2. The molecule has 26 nitrogen and oxygen atoms in total. The lowest BCUT2D eigenvalue weighted by molar-refractivity contribution is 0.425. The molecule has 0 atom stereocenters. The second-order valence-electron chi connectivity index (χ2n) is 19.7. The van der Waals surface area contributed by atoms with Crippen molar-refractivity contribution in [3.63, 3.8) is 0 Å². The first-order valence-corrected chi connectivity index (χ1v) is 30.7. The molecule has 98 heavy (non-hydrogen) atoms. The van der Waals surface area contributed by atoms with Crippen molar-refractivity contribution in [1.29, 1.82) is 31.6 Å².